The molecule has 0 bridgehead atoms. The second-order valence-corrected chi connectivity index (χ2v) is 19.7. The molecule has 0 radical (unpaired) electrons. The zero-order chi connectivity index (χ0) is 52.0. The van der Waals surface area contributed by atoms with Gasteiger partial charge in [0.1, 0.15) is 5.01 Å². The number of ether oxygens (including phenoxy) is 3. The number of thiazole rings is 5. The molecular weight excluding hydrogens is 1100 g/mol. The average molecular weight is 1180 g/mol. The fourth-order valence-corrected chi connectivity index (χ4v) is 7.74. The van der Waals surface area contributed by atoms with Crippen molar-refractivity contribution in [2.75, 3.05) is 46.3 Å². The number of carbonyl (C=O) groups excluding carboxylic acids is 4. The van der Waals surface area contributed by atoms with Crippen LogP contribution >= 0.6 is 81.9 Å². The van der Waals surface area contributed by atoms with Crippen LogP contribution in [0, 0.1) is 34.6 Å². The number of rotatable bonds is 13. The Morgan fingerprint density at radius 1 is 0.620 bits per heavy atom. The number of aromatic nitrogens is 5. The van der Waals surface area contributed by atoms with E-state index in [4.69, 9.17) is 29.9 Å². The summed E-state index contributed by atoms with van der Waals surface area (Å²) >= 11 is 11.0. The van der Waals surface area contributed by atoms with Gasteiger partial charge >= 0.3 is 42.7 Å². The summed E-state index contributed by atoms with van der Waals surface area (Å²) in [5.74, 6) is -1.39. The van der Waals surface area contributed by atoms with E-state index in [1.54, 1.807) is 97.7 Å². The molecule has 0 fully saturated rings. The van der Waals surface area contributed by atoms with Gasteiger partial charge in [-0.3, -0.25) is 19.2 Å². The van der Waals surface area contributed by atoms with E-state index in [1.807, 2.05) is 53.9 Å². The molecule has 0 aliphatic rings. The normalized spacial score (nSPS) is 8.68. The fraction of sp³-hybridized carbons (Fsp3) is 0.488. The first-order chi connectivity index (χ1) is 31.9. The maximum atomic E-state index is 11.0. The largest absolute Gasteiger partial charge is 1.00 e. The molecule has 5 heterocycles. The van der Waals surface area contributed by atoms with Crippen LogP contribution in [0.5, 0.6) is 0 Å². The van der Waals surface area contributed by atoms with Crippen molar-refractivity contribution >= 4 is 118 Å². The molecule has 0 aliphatic heterocycles. The minimum Gasteiger partial charge on any atom is -0.870 e. The van der Waals surface area contributed by atoms with Gasteiger partial charge in [-0.15, -0.1) is 65.9 Å². The SMILES string of the molecule is CCO.CCO.CCOC(=O)/C=C/c1ncc(C)s1.CCOC(=O)CCc1ncc(C)s1.CCOC(=O)CP.CO.Cc1cnc(Br)s1.Cc1cnc(C=O)s1.Cc1cnc(CCC(=O)O)s1.O.O.[Li+].[OH-]. The Bertz CT molecular complexity index is 2020. The topological polar surface area (TPSA) is 351 Å². The van der Waals surface area contributed by atoms with E-state index in [-0.39, 0.29) is 72.8 Å². The van der Waals surface area contributed by atoms with Gasteiger partial charge < -0.3 is 51.1 Å². The van der Waals surface area contributed by atoms with Gasteiger partial charge in [0.05, 0.1) is 48.8 Å². The van der Waals surface area contributed by atoms with E-state index in [9.17, 15) is 24.0 Å². The maximum Gasteiger partial charge on any atom is 1.00 e. The Hall–Kier alpha value is -3.29. The van der Waals surface area contributed by atoms with Gasteiger partial charge in [0, 0.05) is 94.6 Å². The molecule has 71 heavy (non-hydrogen) atoms. The van der Waals surface area contributed by atoms with Crippen molar-refractivity contribution in [1.29, 1.82) is 0 Å². The zero-order valence-electron chi connectivity index (χ0n) is 42.4. The number of carbonyl (C=O) groups is 5. The van der Waals surface area contributed by atoms with Gasteiger partial charge in [0.15, 0.2) is 15.2 Å². The molecule has 0 saturated carbocycles. The third kappa shape index (κ3) is 57.5. The number of hydrogen-bond donors (Lipinski definition) is 4. The number of nitrogens with zero attached hydrogens (tertiary/aromatic N) is 5. The molecule has 5 aromatic heterocycles. The van der Waals surface area contributed by atoms with Gasteiger partial charge in [0.2, 0.25) is 0 Å². The van der Waals surface area contributed by atoms with Crippen molar-refractivity contribution in [3.63, 3.8) is 0 Å². The molecule has 28 heteroatoms. The van der Waals surface area contributed by atoms with Crippen molar-refractivity contribution < 1.29 is 93.9 Å². The zero-order valence-corrected chi connectivity index (χ0v) is 49.2. The Morgan fingerprint density at radius 3 is 1.25 bits per heavy atom. The molecule has 402 valence electrons. The first kappa shape index (κ1) is 84.5. The number of aldehydes is 1. The molecule has 9 N–H and O–H groups in total. The van der Waals surface area contributed by atoms with E-state index < -0.39 is 5.97 Å². The van der Waals surface area contributed by atoms with E-state index in [2.05, 4.69) is 54.8 Å². The molecule has 1 unspecified atom stereocenters. The number of esters is 3. The molecule has 0 aromatic carbocycles. The molecule has 0 amide bonds. The van der Waals surface area contributed by atoms with E-state index >= 15 is 0 Å². The Labute approximate surface area is 460 Å². The minimum atomic E-state index is -0.766. The number of carboxylic acids is 1. The summed E-state index contributed by atoms with van der Waals surface area (Å²) in [7, 11) is 3.29. The van der Waals surface area contributed by atoms with Crippen LogP contribution in [0.1, 0.15) is 96.7 Å². The predicted octanol–water partition coefficient (Wildman–Crippen LogP) is 4.13. The molecular formula is C43H72BrLiN5O15PS5. The van der Waals surface area contributed by atoms with Gasteiger partial charge in [-0.05, 0) is 91.2 Å². The van der Waals surface area contributed by atoms with Crippen LogP contribution in [0.25, 0.3) is 6.08 Å². The van der Waals surface area contributed by atoms with E-state index in [1.165, 1.54) is 27.2 Å². The van der Waals surface area contributed by atoms with Crippen LogP contribution < -0.4 is 18.9 Å². The molecule has 1 atom stereocenters. The number of aliphatic hydroxyl groups is 3. The molecule has 20 nitrogen and oxygen atoms in total. The summed E-state index contributed by atoms with van der Waals surface area (Å²) in [6.45, 7) is 20.5. The van der Waals surface area contributed by atoms with E-state index in [0.29, 0.717) is 50.3 Å². The quantitative estimate of drug-likeness (QED) is 0.0321. The predicted molar refractivity (Wildman–Crippen MR) is 288 cm³/mol. The smallest absolute Gasteiger partial charge is 0.870 e. The number of aliphatic carboxylic acids is 1. The number of hydrogen-bond acceptors (Lipinski definition) is 22. The molecule has 0 spiro atoms. The molecule has 0 aliphatic carbocycles. The van der Waals surface area contributed by atoms with Gasteiger partial charge in [-0.2, -0.15) is 0 Å². The van der Waals surface area contributed by atoms with Gasteiger partial charge in [-0.25, -0.2) is 29.7 Å². The number of carboxylic acid groups (broad SMARTS) is 1. The van der Waals surface area contributed by atoms with Gasteiger partial charge in [-0.1, -0.05) is 0 Å². The van der Waals surface area contributed by atoms with Crippen molar-refractivity contribution in [2.24, 2.45) is 0 Å². The van der Waals surface area contributed by atoms with Crippen molar-refractivity contribution in [1.82, 2.24) is 24.9 Å². The maximum absolute atomic E-state index is 11.0. The Morgan fingerprint density at radius 2 is 0.986 bits per heavy atom. The third-order valence-electron chi connectivity index (χ3n) is 5.83. The van der Waals surface area contributed by atoms with Crippen LogP contribution in [0.2, 0.25) is 0 Å². The number of aryl methyl sites for hydroxylation is 7. The van der Waals surface area contributed by atoms with Crippen LogP contribution in [0.3, 0.4) is 0 Å². The number of aliphatic hydroxyl groups excluding tert-OH is 3. The summed E-state index contributed by atoms with van der Waals surface area (Å²) < 4.78 is 15.0. The second kappa shape index (κ2) is 59.3. The molecule has 5 rings (SSSR count). The summed E-state index contributed by atoms with van der Waals surface area (Å²) in [6, 6.07) is 0. The van der Waals surface area contributed by atoms with Crippen LogP contribution in [0.4, 0.5) is 0 Å². The Balaban J connectivity index is -0.000000109. The summed E-state index contributed by atoms with van der Waals surface area (Å²) in [5, 5.41) is 33.8. The number of halogens is 1. The second-order valence-electron chi connectivity index (χ2n) is 11.6. The summed E-state index contributed by atoms with van der Waals surface area (Å²) in [4.78, 5) is 77.9. The average Bonchev–Trinajstić information content (AvgIpc) is 4.16. The van der Waals surface area contributed by atoms with Crippen LogP contribution in [-0.4, -0.2) is 138 Å². The van der Waals surface area contributed by atoms with Crippen molar-refractivity contribution in [3.8, 4) is 0 Å². The molecule has 5 aromatic rings. The van der Waals surface area contributed by atoms with E-state index in [0.717, 1.165) is 47.0 Å². The first-order valence-electron chi connectivity index (χ1n) is 20.3. The van der Waals surface area contributed by atoms with Crippen LogP contribution in [0.15, 0.2) is 41.0 Å². The first-order valence-corrected chi connectivity index (χ1v) is 26.0. The fourth-order valence-electron chi connectivity index (χ4n) is 3.44. The third-order valence-corrected chi connectivity index (χ3v) is 11.2. The standard InChI is InChI=1S/C9H13NO2S.C9H11NO2S.C7H9NO2S.C5H5NOS.C4H4BrNS.C4H9O2P.2C2H6O.CH4O.Li.3H2O/c2*1-3-12-9(11)5-4-8-10-6-7(2)13-8;1-5-4-8-6(11-5)2-3-7(9)10;1-4-2-6-5(3-7)8-4;1-3-2-6-4(5)7-3;1-2-6-4(5)3-7;2*1-2-3;1-2;;;;/h6H,3-5H2,1-2H3;4-6H,3H2,1-2H3;4H,2-3H2,1H3,(H,9,10);2-3H,1H3;2H,1H3;2-3,7H2,1H3;2*3H,2H2,1H3;2H,1H3;;3*1H2/q;;;;;;;;;+1;;;/p-1/b;5-4+;;;;;;;;;;;. The van der Waals surface area contributed by atoms with Gasteiger partial charge in [0.25, 0.3) is 0 Å². The monoisotopic (exact) mass is 1180 g/mol. The van der Waals surface area contributed by atoms with Crippen LogP contribution in [-0.2, 0) is 46.2 Å². The summed E-state index contributed by atoms with van der Waals surface area (Å²) in [5.41, 5.74) is 0. The minimum absolute atomic E-state index is 0. The Kier molecular flexibility index (Phi) is 70.6. The molecule has 0 saturated heterocycles. The van der Waals surface area contributed by atoms with Crippen molar-refractivity contribution in [3.05, 3.63) is 85.4 Å². The van der Waals surface area contributed by atoms with Crippen molar-refractivity contribution in [2.45, 2.75) is 94.9 Å². The summed E-state index contributed by atoms with van der Waals surface area (Å²) in [6.07, 6.45) is 15.0.